The maximum atomic E-state index is 9.63. The van der Waals surface area contributed by atoms with Crippen molar-refractivity contribution in [2.45, 2.75) is 0 Å². The second-order valence-corrected chi connectivity index (χ2v) is 3.68. The summed E-state index contributed by atoms with van der Waals surface area (Å²) in [6.45, 7) is 0. The zero-order chi connectivity index (χ0) is 7.71. The van der Waals surface area contributed by atoms with Crippen LogP contribution in [0.2, 0.25) is 0 Å². The molecule has 0 heterocycles. The topological polar surface area (TPSA) is 124 Å². The van der Waals surface area contributed by atoms with E-state index in [0.29, 0.717) is 0 Å². The van der Waals surface area contributed by atoms with Gasteiger partial charge in [0.25, 0.3) is 0 Å². The SMILES string of the molecule is O=P(O)(O)OP(=O)(O)O.[CaH2].[KH].[KH].[KH].[KH]. The van der Waals surface area contributed by atoms with Crippen molar-refractivity contribution >= 4 is 259 Å². The third-order valence-corrected chi connectivity index (χ3v) is 1.91. The molecule has 0 spiro atoms. The molecule has 4 N–H and O–H groups in total. The van der Waals surface area contributed by atoms with Crippen molar-refractivity contribution in [2.24, 2.45) is 0 Å². The third kappa shape index (κ3) is 36.9. The van der Waals surface area contributed by atoms with Crippen LogP contribution in [0.5, 0.6) is 0 Å². The summed E-state index contributed by atoms with van der Waals surface area (Å²) >= 11 is 0. The van der Waals surface area contributed by atoms with E-state index in [1.165, 1.54) is 0 Å². The summed E-state index contributed by atoms with van der Waals surface area (Å²) in [6.07, 6.45) is 0. The minimum absolute atomic E-state index is 0. The monoisotopic (exact) mass is 380 g/mol. The predicted octanol–water partition coefficient (Wildman–Crippen LogP) is -4.32. The van der Waals surface area contributed by atoms with Crippen LogP contribution in [0.1, 0.15) is 0 Å². The van der Waals surface area contributed by atoms with Crippen LogP contribution in [-0.4, -0.2) is 263 Å². The standard InChI is InChI=1S/Ca.4K.H4O7P2.6H/c;;;;;1-8(2,3)7-9(4,5)6;;;;;;/h;;;;;(H2,1,2,3)(H2,4,5,6);;;;;;. The van der Waals surface area contributed by atoms with E-state index in [0.717, 1.165) is 0 Å². The van der Waals surface area contributed by atoms with Gasteiger partial charge in [-0.2, -0.15) is 4.31 Å². The van der Waals surface area contributed by atoms with Gasteiger partial charge in [0.05, 0.1) is 0 Å². The molecule has 0 fully saturated rings. The Morgan fingerprint density at radius 1 is 0.714 bits per heavy atom. The first-order chi connectivity index (χ1) is 3.71. The number of hydrogen-bond acceptors (Lipinski definition) is 3. The van der Waals surface area contributed by atoms with Gasteiger partial charge in [0.2, 0.25) is 0 Å². The fraction of sp³-hybridized carbons (Fsp3) is 0. The van der Waals surface area contributed by atoms with Crippen molar-refractivity contribution < 1.29 is 33.0 Å². The summed E-state index contributed by atoms with van der Waals surface area (Å²) in [5.41, 5.74) is 0. The molecule has 14 heteroatoms. The molecular weight excluding hydrogens is 370 g/mol. The van der Waals surface area contributed by atoms with Crippen LogP contribution in [-0.2, 0) is 13.4 Å². The second kappa shape index (κ2) is 19.1. The zero-order valence-electron chi connectivity index (χ0n) is 3.91. The van der Waals surface area contributed by atoms with Gasteiger partial charge in [-0.05, 0) is 0 Å². The van der Waals surface area contributed by atoms with Gasteiger partial charge in [-0.3, -0.25) is 0 Å². The van der Waals surface area contributed by atoms with E-state index in [2.05, 4.69) is 4.31 Å². The number of hydrogen-bond donors (Lipinski definition) is 4. The van der Waals surface area contributed by atoms with Crippen molar-refractivity contribution in [3.8, 4) is 0 Å². The average molecular weight is 380 g/mol. The van der Waals surface area contributed by atoms with Gasteiger partial charge in [0.1, 0.15) is 0 Å². The van der Waals surface area contributed by atoms with E-state index in [1.54, 1.807) is 0 Å². The van der Waals surface area contributed by atoms with Crippen molar-refractivity contribution in [3.05, 3.63) is 0 Å². The van der Waals surface area contributed by atoms with Crippen LogP contribution in [0.3, 0.4) is 0 Å². The predicted molar refractivity (Wildman–Crippen MR) is 62.3 cm³/mol. The summed E-state index contributed by atoms with van der Waals surface area (Å²) in [5, 5.41) is 0. The molecule has 14 heavy (non-hydrogen) atoms. The fourth-order valence-corrected chi connectivity index (χ4v) is 1.25. The maximum absolute atomic E-state index is 9.63. The van der Waals surface area contributed by atoms with Crippen LogP contribution in [0.25, 0.3) is 0 Å². The molecular formula is H10CaK4O7P2. The molecule has 0 bridgehead atoms. The fourth-order valence-electron chi connectivity index (χ4n) is 0.139. The summed E-state index contributed by atoms with van der Waals surface area (Å²) in [7, 11) is -10.1. The third-order valence-electron chi connectivity index (χ3n) is 0.213. The molecule has 68 valence electrons. The Morgan fingerprint density at radius 3 is 0.857 bits per heavy atom. The molecule has 0 amide bonds. The Labute approximate surface area is 282 Å². The molecule has 0 saturated heterocycles. The van der Waals surface area contributed by atoms with Crippen LogP contribution < -0.4 is 0 Å². The van der Waals surface area contributed by atoms with Crippen molar-refractivity contribution in [1.29, 1.82) is 0 Å². The van der Waals surface area contributed by atoms with Crippen LogP contribution >= 0.6 is 15.6 Å². The molecule has 0 aliphatic carbocycles. The van der Waals surface area contributed by atoms with E-state index in [4.69, 9.17) is 19.6 Å². The normalized spacial score (nSPS) is 8.86. The molecule has 0 atom stereocenters. The molecule has 0 aromatic heterocycles. The molecule has 0 aliphatic rings. The molecule has 7 nitrogen and oxygen atoms in total. The van der Waals surface area contributed by atoms with E-state index >= 15 is 0 Å². The summed E-state index contributed by atoms with van der Waals surface area (Å²) in [4.78, 5) is 31.0. The molecule has 0 aliphatic heterocycles. The Morgan fingerprint density at radius 2 is 0.857 bits per heavy atom. The van der Waals surface area contributed by atoms with E-state index in [-0.39, 0.29) is 243 Å². The molecule has 0 aromatic rings. The molecule has 0 rings (SSSR count). The molecule has 0 unspecified atom stereocenters. The van der Waals surface area contributed by atoms with Gasteiger partial charge in [-0.15, -0.1) is 0 Å². The minimum atomic E-state index is -5.05. The summed E-state index contributed by atoms with van der Waals surface area (Å²) in [5.74, 6) is 0. The van der Waals surface area contributed by atoms with E-state index in [9.17, 15) is 9.13 Å². The van der Waals surface area contributed by atoms with Gasteiger partial charge in [0, 0.05) is 0 Å². The van der Waals surface area contributed by atoms with Crippen molar-refractivity contribution in [3.63, 3.8) is 0 Å². The molecule has 0 saturated carbocycles. The van der Waals surface area contributed by atoms with Gasteiger partial charge in [-0.1, -0.05) is 0 Å². The quantitative estimate of drug-likeness (QED) is 0.282. The summed E-state index contributed by atoms with van der Waals surface area (Å²) in [6, 6.07) is 0. The van der Waals surface area contributed by atoms with Gasteiger partial charge in [0.15, 0.2) is 0 Å². The van der Waals surface area contributed by atoms with E-state index < -0.39 is 15.6 Å². The average Bonchev–Trinajstić information content (AvgIpc) is 1.14. The number of phosphoric acid groups is 2. The molecule has 0 radical (unpaired) electrons. The van der Waals surface area contributed by atoms with Crippen LogP contribution in [0.4, 0.5) is 0 Å². The molecule has 0 aromatic carbocycles. The Kier molecular flexibility index (Phi) is 51.8. The first-order valence-electron chi connectivity index (χ1n) is 1.53. The number of rotatable bonds is 2. The van der Waals surface area contributed by atoms with Crippen molar-refractivity contribution in [1.82, 2.24) is 0 Å². The Hall–Kier alpha value is 8.07. The first kappa shape index (κ1) is 37.9. The summed E-state index contributed by atoms with van der Waals surface area (Å²) < 4.78 is 22.2. The van der Waals surface area contributed by atoms with Crippen LogP contribution in [0, 0.1) is 0 Å². The van der Waals surface area contributed by atoms with Crippen LogP contribution in [0.15, 0.2) is 0 Å². The van der Waals surface area contributed by atoms with Gasteiger partial charge < -0.3 is 19.6 Å². The Bertz CT molecular complexity index is 164. The first-order valence-corrected chi connectivity index (χ1v) is 4.59. The van der Waals surface area contributed by atoms with Crippen molar-refractivity contribution in [2.75, 3.05) is 0 Å². The zero-order valence-corrected chi connectivity index (χ0v) is 5.70. The van der Waals surface area contributed by atoms with E-state index in [1.807, 2.05) is 0 Å². The Balaban J connectivity index is -0.0000000320. The van der Waals surface area contributed by atoms with Gasteiger partial charge >= 0.3 is 259 Å². The van der Waals surface area contributed by atoms with Gasteiger partial charge in [-0.25, -0.2) is 9.13 Å². The second-order valence-electron chi connectivity index (χ2n) is 1.06.